The number of hydrogen-bond donors (Lipinski definition) is 0. The summed E-state index contributed by atoms with van der Waals surface area (Å²) >= 11 is 6.04. The summed E-state index contributed by atoms with van der Waals surface area (Å²) in [5, 5.41) is 0.117. The van der Waals surface area contributed by atoms with Crippen molar-refractivity contribution in [1.82, 2.24) is 4.90 Å². The quantitative estimate of drug-likeness (QED) is 0.637. The van der Waals surface area contributed by atoms with Crippen LogP contribution in [0.4, 0.5) is 10.1 Å². The molecule has 2 aromatic carbocycles. The number of fused-ring (bicyclic) bond motifs is 3. The molecular weight excluding hydrogens is 427 g/mol. The van der Waals surface area contributed by atoms with Crippen LogP contribution >= 0.6 is 11.6 Å². The number of methoxy groups -OCH3 is 1. The summed E-state index contributed by atoms with van der Waals surface area (Å²) in [6.07, 6.45) is 0.111. The number of rotatable bonds is 6. The van der Waals surface area contributed by atoms with Gasteiger partial charge in [-0.05, 0) is 24.3 Å². The zero-order chi connectivity index (χ0) is 22.2. The molecule has 2 aliphatic rings. The molecule has 162 valence electrons. The van der Waals surface area contributed by atoms with Gasteiger partial charge in [0, 0.05) is 32.1 Å². The summed E-state index contributed by atoms with van der Waals surface area (Å²) in [6.45, 7) is -0.199. The molecule has 0 bridgehead atoms. The van der Waals surface area contributed by atoms with Gasteiger partial charge < -0.3 is 14.4 Å². The second kappa shape index (κ2) is 8.28. The molecule has 7 nitrogen and oxygen atoms in total. The number of benzene rings is 2. The Bertz CT molecular complexity index is 1040. The fourth-order valence-electron chi connectivity index (χ4n) is 4.16. The molecule has 1 saturated heterocycles. The second-order valence-corrected chi connectivity index (χ2v) is 7.70. The van der Waals surface area contributed by atoms with Gasteiger partial charge in [0.1, 0.15) is 12.4 Å². The molecule has 2 aliphatic heterocycles. The van der Waals surface area contributed by atoms with E-state index in [2.05, 4.69) is 0 Å². The first kappa shape index (κ1) is 21.3. The summed E-state index contributed by atoms with van der Waals surface area (Å²) in [5.74, 6) is -2.14. The second-order valence-electron chi connectivity index (χ2n) is 7.29. The predicted molar refractivity (Wildman–Crippen MR) is 110 cm³/mol. The van der Waals surface area contributed by atoms with Crippen molar-refractivity contribution in [3.63, 3.8) is 0 Å². The molecule has 0 aliphatic carbocycles. The summed E-state index contributed by atoms with van der Waals surface area (Å²) in [5.41, 5.74) is -0.978. The van der Waals surface area contributed by atoms with Gasteiger partial charge in [-0.3, -0.25) is 14.5 Å². The van der Waals surface area contributed by atoms with Crippen molar-refractivity contribution in [2.75, 3.05) is 25.2 Å². The first-order valence-corrected chi connectivity index (χ1v) is 10.1. The van der Waals surface area contributed by atoms with Crippen LogP contribution in [0.3, 0.4) is 0 Å². The maximum atomic E-state index is 14.2. The minimum Gasteiger partial charge on any atom is -0.457 e. The highest BCUT2D eigenvalue weighted by Crippen LogP contribution is 2.45. The minimum absolute atomic E-state index is 0.0239. The number of carbonyl (C=O) groups is 3. The fourth-order valence-corrected chi connectivity index (χ4v) is 4.38. The lowest BCUT2D eigenvalue weighted by Gasteiger charge is -2.48. The summed E-state index contributed by atoms with van der Waals surface area (Å²) in [4.78, 5) is 42.3. The van der Waals surface area contributed by atoms with Crippen LogP contribution in [0, 0.1) is 5.82 Å². The third kappa shape index (κ3) is 3.36. The maximum Gasteiger partial charge on any atom is 0.354 e. The molecule has 1 fully saturated rings. The SMILES string of the molecule is COCCN1C(=O)c2ccccc2N2C(=O)CC[C@]12C(=O)OCc1c(F)cccc1Cl. The standard InChI is InChI=1S/C22H20ClFN2O5/c1-30-12-11-25-20(28)14-5-2-3-8-18(14)26-19(27)9-10-22(25,26)21(29)31-13-15-16(23)6-4-7-17(15)24/h2-8H,9-13H2,1H3/t22-/m0/s1. The largest absolute Gasteiger partial charge is 0.457 e. The van der Waals surface area contributed by atoms with Gasteiger partial charge in [-0.15, -0.1) is 0 Å². The van der Waals surface area contributed by atoms with Gasteiger partial charge in [-0.2, -0.15) is 0 Å². The Morgan fingerprint density at radius 3 is 2.71 bits per heavy atom. The van der Waals surface area contributed by atoms with E-state index in [4.69, 9.17) is 21.1 Å². The molecule has 2 heterocycles. The Balaban J connectivity index is 1.75. The Morgan fingerprint density at radius 1 is 1.19 bits per heavy atom. The van der Waals surface area contributed by atoms with E-state index < -0.39 is 30.0 Å². The zero-order valence-electron chi connectivity index (χ0n) is 16.8. The smallest absolute Gasteiger partial charge is 0.354 e. The highest BCUT2D eigenvalue weighted by atomic mass is 35.5. The van der Waals surface area contributed by atoms with Crippen LogP contribution in [0.25, 0.3) is 0 Å². The average molecular weight is 447 g/mol. The average Bonchev–Trinajstić information content (AvgIpc) is 3.11. The number of para-hydroxylation sites is 1. The van der Waals surface area contributed by atoms with E-state index >= 15 is 0 Å². The van der Waals surface area contributed by atoms with Gasteiger partial charge in [0.05, 0.1) is 22.9 Å². The van der Waals surface area contributed by atoms with E-state index in [0.717, 1.165) is 0 Å². The Labute approximate surface area is 183 Å². The molecule has 31 heavy (non-hydrogen) atoms. The number of amides is 2. The van der Waals surface area contributed by atoms with Crippen molar-refractivity contribution in [3.05, 3.63) is 64.4 Å². The molecule has 0 spiro atoms. The Morgan fingerprint density at radius 2 is 1.97 bits per heavy atom. The van der Waals surface area contributed by atoms with Gasteiger partial charge in [0.25, 0.3) is 5.91 Å². The summed E-state index contributed by atoms with van der Waals surface area (Å²) in [7, 11) is 1.48. The fraction of sp³-hybridized carbons (Fsp3) is 0.318. The normalized spacial score (nSPS) is 20.0. The van der Waals surface area contributed by atoms with Crippen LogP contribution < -0.4 is 4.90 Å². The van der Waals surface area contributed by atoms with Crippen molar-refractivity contribution >= 4 is 35.1 Å². The number of halogens is 2. The van der Waals surface area contributed by atoms with E-state index in [1.54, 1.807) is 24.3 Å². The zero-order valence-corrected chi connectivity index (χ0v) is 17.5. The lowest BCUT2D eigenvalue weighted by Crippen LogP contribution is -2.68. The molecule has 0 aromatic heterocycles. The monoisotopic (exact) mass is 446 g/mol. The number of hydrogen-bond acceptors (Lipinski definition) is 5. The number of carbonyl (C=O) groups excluding carboxylic acids is 3. The van der Waals surface area contributed by atoms with Crippen LogP contribution in [0.1, 0.15) is 28.8 Å². The minimum atomic E-state index is -1.67. The number of ether oxygens (including phenoxy) is 2. The van der Waals surface area contributed by atoms with Crippen LogP contribution in [-0.2, 0) is 25.7 Å². The molecule has 2 aromatic rings. The van der Waals surface area contributed by atoms with Gasteiger partial charge >= 0.3 is 5.97 Å². The van der Waals surface area contributed by atoms with Crippen LogP contribution in [-0.4, -0.2) is 48.6 Å². The maximum absolute atomic E-state index is 14.2. The number of anilines is 1. The van der Waals surface area contributed by atoms with Crippen LogP contribution in [0.5, 0.6) is 0 Å². The first-order valence-electron chi connectivity index (χ1n) is 9.75. The van der Waals surface area contributed by atoms with Gasteiger partial charge in [-0.25, -0.2) is 9.18 Å². The van der Waals surface area contributed by atoms with E-state index in [1.165, 1.54) is 35.1 Å². The first-order chi connectivity index (χ1) is 14.9. The Kier molecular flexibility index (Phi) is 5.68. The van der Waals surface area contributed by atoms with E-state index in [-0.39, 0.29) is 42.5 Å². The van der Waals surface area contributed by atoms with Crippen LogP contribution in [0.15, 0.2) is 42.5 Å². The van der Waals surface area contributed by atoms with Crippen molar-refractivity contribution in [2.45, 2.75) is 25.1 Å². The van der Waals surface area contributed by atoms with Crippen molar-refractivity contribution < 1.29 is 28.2 Å². The molecule has 0 saturated carbocycles. The Hall–Kier alpha value is -2.97. The molecule has 4 rings (SSSR count). The highest BCUT2D eigenvalue weighted by Gasteiger charge is 2.61. The van der Waals surface area contributed by atoms with E-state index in [0.29, 0.717) is 11.3 Å². The lowest BCUT2D eigenvalue weighted by atomic mass is 9.96. The van der Waals surface area contributed by atoms with Crippen molar-refractivity contribution in [3.8, 4) is 0 Å². The van der Waals surface area contributed by atoms with Crippen LogP contribution in [0.2, 0.25) is 5.02 Å². The molecular formula is C22H20ClFN2O5. The number of nitrogens with zero attached hydrogens (tertiary/aromatic N) is 2. The summed E-state index contributed by atoms with van der Waals surface area (Å²) < 4.78 is 24.7. The molecule has 1 atom stereocenters. The lowest BCUT2D eigenvalue weighted by molar-refractivity contribution is -0.159. The van der Waals surface area contributed by atoms with E-state index in [9.17, 15) is 18.8 Å². The molecule has 0 N–H and O–H groups in total. The van der Waals surface area contributed by atoms with Gasteiger partial charge in [-0.1, -0.05) is 29.8 Å². The highest BCUT2D eigenvalue weighted by molar-refractivity contribution is 6.31. The molecule has 2 amide bonds. The van der Waals surface area contributed by atoms with Gasteiger partial charge in [0.2, 0.25) is 11.6 Å². The summed E-state index contributed by atoms with van der Waals surface area (Å²) in [6, 6.07) is 10.8. The van der Waals surface area contributed by atoms with Crippen molar-refractivity contribution in [1.29, 1.82) is 0 Å². The predicted octanol–water partition coefficient (Wildman–Crippen LogP) is 3.15. The van der Waals surface area contributed by atoms with Gasteiger partial charge in [0.15, 0.2) is 0 Å². The third-order valence-electron chi connectivity index (χ3n) is 5.63. The molecule has 0 unspecified atom stereocenters. The van der Waals surface area contributed by atoms with Crippen molar-refractivity contribution in [2.24, 2.45) is 0 Å². The third-order valence-corrected chi connectivity index (χ3v) is 5.98. The molecule has 9 heteroatoms. The van der Waals surface area contributed by atoms with E-state index in [1.807, 2.05) is 0 Å². The topological polar surface area (TPSA) is 76.2 Å². The number of esters is 1. The molecule has 0 radical (unpaired) electrons.